The highest BCUT2D eigenvalue weighted by atomic mass is 16.6. The number of likely N-dealkylation sites (tertiary alicyclic amines) is 1. The van der Waals surface area contributed by atoms with Crippen LogP contribution in [0.25, 0.3) is 0 Å². The number of cyclic esters (lactones) is 1. The maximum absolute atomic E-state index is 12.8. The molecule has 2 saturated heterocycles. The molecule has 0 atom stereocenters. The second-order valence-electron chi connectivity index (χ2n) is 7.33. The van der Waals surface area contributed by atoms with Gasteiger partial charge in [0.05, 0.1) is 18.2 Å². The molecule has 2 amide bonds. The molecule has 0 N–H and O–H groups in total. The molecule has 7 heteroatoms. The first kappa shape index (κ1) is 18.2. The second kappa shape index (κ2) is 6.97. The Balaban J connectivity index is 1.66. The van der Waals surface area contributed by atoms with Crippen LogP contribution in [-0.4, -0.2) is 66.2 Å². The summed E-state index contributed by atoms with van der Waals surface area (Å²) in [4.78, 5) is 40.0. The van der Waals surface area contributed by atoms with Crippen molar-refractivity contribution in [3.8, 4) is 0 Å². The number of hydrogen-bond donors (Lipinski definition) is 0. The summed E-state index contributed by atoms with van der Waals surface area (Å²) in [5.41, 5.74) is 0.505. The van der Waals surface area contributed by atoms with Crippen LogP contribution in [0.5, 0.6) is 0 Å². The Morgan fingerprint density at radius 2 is 1.85 bits per heavy atom. The SMILES string of the molecule is COC(=O)c1cccc(C(=O)N2CCC(N3C(=O)OCC3(C)C)CC2)c1. The maximum Gasteiger partial charge on any atom is 0.410 e. The number of nitrogens with zero attached hydrogens (tertiary/aromatic N) is 2. The summed E-state index contributed by atoms with van der Waals surface area (Å²) in [5.74, 6) is -0.578. The molecule has 0 saturated carbocycles. The van der Waals surface area contributed by atoms with E-state index < -0.39 is 5.97 Å². The van der Waals surface area contributed by atoms with E-state index in [-0.39, 0.29) is 23.6 Å². The lowest BCUT2D eigenvalue weighted by atomic mass is 9.96. The monoisotopic (exact) mass is 360 g/mol. The van der Waals surface area contributed by atoms with Crippen LogP contribution >= 0.6 is 0 Å². The molecule has 0 bridgehead atoms. The van der Waals surface area contributed by atoms with Gasteiger partial charge in [-0.3, -0.25) is 9.69 Å². The molecule has 3 rings (SSSR count). The van der Waals surface area contributed by atoms with Gasteiger partial charge in [-0.25, -0.2) is 9.59 Å². The number of benzene rings is 1. The number of esters is 1. The number of methoxy groups -OCH3 is 1. The summed E-state index contributed by atoms with van der Waals surface area (Å²) in [6.07, 6.45) is 1.15. The highest BCUT2D eigenvalue weighted by Crippen LogP contribution is 2.30. The van der Waals surface area contributed by atoms with Crippen molar-refractivity contribution in [1.82, 2.24) is 9.80 Å². The number of carbonyl (C=O) groups excluding carboxylic acids is 3. The summed E-state index contributed by atoms with van der Waals surface area (Å²) >= 11 is 0. The first-order valence-corrected chi connectivity index (χ1v) is 8.77. The van der Waals surface area contributed by atoms with E-state index in [1.54, 1.807) is 29.2 Å². The van der Waals surface area contributed by atoms with Crippen molar-refractivity contribution in [3.63, 3.8) is 0 Å². The Morgan fingerprint density at radius 1 is 1.19 bits per heavy atom. The fraction of sp³-hybridized carbons (Fsp3) is 0.526. The van der Waals surface area contributed by atoms with E-state index >= 15 is 0 Å². The summed E-state index contributed by atoms with van der Waals surface area (Å²) in [6, 6.07) is 6.62. The number of carbonyl (C=O) groups is 3. The summed E-state index contributed by atoms with van der Waals surface area (Å²) in [6.45, 7) is 5.50. The van der Waals surface area contributed by atoms with Crippen LogP contribution in [0.1, 0.15) is 47.4 Å². The molecule has 140 valence electrons. The molecular formula is C19H24N2O5. The minimum Gasteiger partial charge on any atom is -0.465 e. The molecule has 26 heavy (non-hydrogen) atoms. The van der Waals surface area contributed by atoms with Crippen LogP contribution in [0.4, 0.5) is 4.79 Å². The van der Waals surface area contributed by atoms with Crippen molar-refractivity contribution >= 4 is 18.0 Å². The molecular weight excluding hydrogens is 336 g/mol. The van der Waals surface area contributed by atoms with E-state index in [1.165, 1.54) is 7.11 Å². The molecule has 2 aliphatic rings. The highest BCUT2D eigenvalue weighted by Gasteiger charge is 2.44. The number of amides is 2. The van der Waals surface area contributed by atoms with Crippen LogP contribution in [0, 0.1) is 0 Å². The van der Waals surface area contributed by atoms with Crippen LogP contribution in [0.15, 0.2) is 24.3 Å². The largest absolute Gasteiger partial charge is 0.465 e. The third-order valence-electron chi connectivity index (χ3n) is 5.05. The number of hydrogen-bond acceptors (Lipinski definition) is 5. The highest BCUT2D eigenvalue weighted by molar-refractivity contribution is 5.98. The van der Waals surface area contributed by atoms with Crippen LogP contribution in [0.3, 0.4) is 0 Å². The summed E-state index contributed by atoms with van der Waals surface area (Å²) in [7, 11) is 1.31. The molecule has 1 aromatic carbocycles. The molecule has 0 aromatic heterocycles. The van der Waals surface area contributed by atoms with Gasteiger partial charge in [0.2, 0.25) is 0 Å². The van der Waals surface area contributed by atoms with Gasteiger partial charge in [-0.1, -0.05) is 6.07 Å². The molecule has 2 fully saturated rings. The zero-order valence-corrected chi connectivity index (χ0v) is 15.4. The Kier molecular flexibility index (Phi) is 4.89. The third kappa shape index (κ3) is 3.38. The van der Waals surface area contributed by atoms with Crippen LogP contribution in [-0.2, 0) is 9.47 Å². The predicted octanol–water partition coefficient (Wildman–Crippen LogP) is 2.31. The quantitative estimate of drug-likeness (QED) is 0.773. The number of ether oxygens (including phenoxy) is 2. The lowest BCUT2D eigenvalue weighted by Crippen LogP contribution is -2.53. The third-order valence-corrected chi connectivity index (χ3v) is 5.05. The maximum atomic E-state index is 12.8. The van der Waals surface area contributed by atoms with Crippen molar-refractivity contribution in [2.75, 3.05) is 26.8 Å². The van der Waals surface area contributed by atoms with Crippen molar-refractivity contribution in [2.45, 2.75) is 38.3 Å². The topological polar surface area (TPSA) is 76.2 Å². The summed E-state index contributed by atoms with van der Waals surface area (Å²) < 4.78 is 9.89. The zero-order valence-electron chi connectivity index (χ0n) is 15.4. The standard InChI is InChI=1S/C19H24N2O5/c1-19(2)12-26-18(24)21(19)15-7-9-20(10-8-15)16(22)13-5-4-6-14(11-13)17(23)25-3/h4-6,11,15H,7-10,12H2,1-3H3. The lowest BCUT2D eigenvalue weighted by Gasteiger charge is -2.40. The van der Waals surface area contributed by atoms with Gasteiger partial charge in [0.25, 0.3) is 5.91 Å². The molecule has 0 radical (unpaired) electrons. The second-order valence-corrected chi connectivity index (χ2v) is 7.33. The van der Waals surface area contributed by atoms with Gasteiger partial charge >= 0.3 is 12.1 Å². The average molecular weight is 360 g/mol. The Hall–Kier alpha value is -2.57. The number of piperidine rings is 1. The predicted molar refractivity (Wildman–Crippen MR) is 94.0 cm³/mol. The van der Waals surface area contributed by atoms with Gasteiger partial charge in [-0.15, -0.1) is 0 Å². The first-order chi connectivity index (χ1) is 12.3. The minimum absolute atomic E-state index is 0.0745. The van der Waals surface area contributed by atoms with Gasteiger partial charge in [-0.05, 0) is 44.9 Å². The molecule has 1 aromatic rings. The Bertz CT molecular complexity index is 722. The average Bonchev–Trinajstić information content (AvgIpc) is 2.93. The van der Waals surface area contributed by atoms with E-state index in [0.717, 1.165) is 0 Å². The van der Waals surface area contributed by atoms with Crippen LogP contribution in [0.2, 0.25) is 0 Å². The van der Waals surface area contributed by atoms with E-state index in [1.807, 2.05) is 18.7 Å². The van der Waals surface area contributed by atoms with E-state index in [4.69, 9.17) is 9.47 Å². The Labute approximate surface area is 152 Å². The van der Waals surface area contributed by atoms with Crippen molar-refractivity contribution in [1.29, 1.82) is 0 Å². The van der Waals surface area contributed by atoms with Gasteiger partial charge in [0.15, 0.2) is 0 Å². The normalized spacial score (nSPS) is 20.0. The molecule has 2 aliphatic heterocycles. The smallest absolute Gasteiger partial charge is 0.410 e. The number of rotatable bonds is 3. The van der Waals surface area contributed by atoms with Gasteiger partial charge < -0.3 is 14.4 Å². The van der Waals surface area contributed by atoms with Gasteiger partial charge in [0.1, 0.15) is 6.61 Å². The first-order valence-electron chi connectivity index (χ1n) is 8.77. The summed E-state index contributed by atoms with van der Waals surface area (Å²) in [5, 5.41) is 0. The van der Waals surface area contributed by atoms with Crippen molar-refractivity contribution in [2.24, 2.45) is 0 Å². The van der Waals surface area contributed by atoms with Crippen molar-refractivity contribution in [3.05, 3.63) is 35.4 Å². The lowest BCUT2D eigenvalue weighted by molar-refractivity contribution is 0.0589. The molecule has 0 unspecified atom stereocenters. The van der Waals surface area contributed by atoms with Crippen molar-refractivity contribution < 1.29 is 23.9 Å². The van der Waals surface area contributed by atoms with E-state index in [2.05, 4.69) is 0 Å². The minimum atomic E-state index is -0.465. The molecule has 7 nitrogen and oxygen atoms in total. The molecule has 0 spiro atoms. The van der Waals surface area contributed by atoms with Gasteiger partial charge in [0, 0.05) is 24.7 Å². The van der Waals surface area contributed by atoms with E-state index in [0.29, 0.717) is 43.7 Å². The van der Waals surface area contributed by atoms with E-state index in [9.17, 15) is 14.4 Å². The molecule has 0 aliphatic carbocycles. The fourth-order valence-electron chi connectivity index (χ4n) is 3.67. The van der Waals surface area contributed by atoms with Gasteiger partial charge in [-0.2, -0.15) is 0 Å². The fourth-order valence-corrected chi connectivity index (χ4v) is 3.67. The Morgan fingerprint density at radius 3 is 2.42 bits per heavy atom. The zero-order chi connectivity index (χ0) is 18.9. The van der Waals surface area contributed by atoms with Crippen LogP contribution < -0.4 is 0 Å². The molecule has 2 heterocycles.